The van der Waals surface area contributed by atoms with Gasteiger partial charge in [0.15, 0.2) is 6.61 Å². The lowest BCUT2D eigenvalue weighted by Gasteiger charge is -2.19. The van der Waals surface area contributed by atoms with Crippen LogP contribution in [0.3, 0.4) is 0 Å². The number of aromatic amines is 1. The zero-order valence-electron chi connectivity index (χ0n) is 18.2. The summed E-state index contributed by atoms with van der Waals surface area (Å²) in [5.74, 6) is 0.0527. The van der Waals surface area contributed by atoms with Crippen molar-refractivity contribution < 1.29 is 19.1 Å². The van der Waals surface area contributed by atoms with Crippen LogP contribution in [-0.2, 0) is 4.79 Å². The number of carbonyl (C=O) groups is 2. The average molecular weight is 444 g/mol. The molecule has 7 heteroatoms. The van der Waals surface area contributed by atoms with Crippen LogP contribution in [0.2, 0.25) is 0 Å². The Morgan fingerprint density at radius 2 is 1.73 bits per heavy atom. The number of hydrogen-bond acceptors (Lipinski definition) is 4. The maximum atomic E-state index is 12.6. The second kappa shape index (κ2) is 9.91. The van der Waals surface area contributed by atoms with E-state index in [1.807, 2.05) is 48.7 Å². The minimum atomic E-state index is -0.607. The van der Waals surface area contributed by atoms with Gasteiger partial charge in [-0.05, 0) is 41.5 Å². The van der Waals surface area contributed by atoms with Crippen LogP contribution in [0, 0.1) is 0 Å². The molecular weight excluding hydrogens is 418 g/mol. The highest BCUT2D eigenvalue weighted by Crippen LogP contribution is 2.31. The van der Waals surface area contributed by atoms with E-state index in [1.165, 1.54) is 0 Å². The quantitative estimate of drug-likeness (QED) is 0.367. The van der Waals surface area contributed by atoms with Gasteiger partial charge in [0, 0.05) is 29.6 Å². The second-order valence-electron chi connectivity index (χ2n) is 7.57. The van der Waals surface area contributed by atoms with Crippen LogP contribution in [-0.4, -0.2) is 37.1 Å². The Hall–Kier alpha value is -4.26. The summed E-state index contributed by atoms with van der Waals surface area (Å²) in [6.45, 7) is 0.140. The topological polar surface area (TPSA) is 106 Å². The molecule has 2 amide bonds. The fourth-order valence-electron chi connectivity index (χ4n) is 3.83. The lowest BCUT2D eigenvalue weighted by atomic mass is 9.91. The summed E-state index contributed by atoms with van der Waals surface area (Å²) in [5.41, 5.74) is 8.76. The van der Waals surface area contributed by atoms with E-state index in [2.05, 4.69) is 16.4 Å². The van der Waals surface area contributed by atoms with Crippen molar-refractivity contribution in [1.29, 1.82) is 0 Å². The Balaban J connectivity index is 1.51. The molecule has 0 aliphatic rings. The van der Waals surface area contributed by atoms with E-state index in [1.54, 1.807) is 31.4 Å². The van der Waals surface area contributed by atoms with Gasteiger partial charge in [0.25, 0.3) is 11.8 Å². The van der Waals surface area contributed by atoms with Crippen molar-refractivity contribution >= 4 is 22.7 Å². The van der Waals surface area contributed by atoms with E-state index < -0.39 is 5.91 Å². The zero-order chi connectivity index (χ0) is 23.2. The van der Waals surface area contributed by atoms with Crippen LogP contribution < -0.4 is 20.5 Å². The molecule has 33 heavy (non-hydrogen) atoms. The van der Waals surface area contributed by atoms with E-state index in [0.29, 0.717) is 6.54 Å². The largest absolute Gasteiger partial charge is 0.497 e. The summed E-state index contributed by atoms with van der Waals surface area (Å²) < 4.78 is 10.8. The molecule has 0 aliphatic heterocycles. The number of hydrogen-bond donors (Lipinski definition) is 3. The van der Waals surface area contributed by atoms with Crippen LogP contribution >= 0.6 is 0 Å². The van der Waals surface area contributed by atoms with E-state index in [9.17, 15) is 9.59 Å². The van der Waals surface area contributed by atoms with Crippen molar-refractivity contribution in [2.24, 2.45) is 5.73 Å². The molecule has 4 aromatic rings. The van der Waals surface area contributed by atoms with Gasteiger partial charge in [-0.1, -0.05) is 42.5 Å². The predicted octanol–water partition coefficient (Wildman–Crippen LogP) is 3.60. The summed E-state index contributed by atoms with van der Waals surface area (Å²) in [5, 5.41) is 4.05. The summed E-state index contributed by atoms with van der Waals surface area (Å²) in [6.07, 6.45) is 1.98. The normalized spacial score (nSPS) is 11.7. The van der Waals surface area contributed by atoms with Gasteiger partial charge in [0.05, 0.1) is 12.7 Å². The molecule has 1 aromatic heterocycles. The van der Waals surface area contributed by atoms with E-state index in [-0.39, 0.29) is 29.7 Å². The predicted molar refractivity (Wildman–Crippen MR) is 127 cm³/mol. The molecule has 0 radical (unpaired) electrons. The van der Waals surface area contributed by atoms with Gasteiger partial charge in [-0.2, -0.15) is 0 Å². The molecule has 168 valence electrons. The lowest BCUT2D eigenvalue weighted by molar-refractivity contribution is -0.123. The van der Waals surface area contributed by atoms with Crippen LogP contribution in [0.5, 0.6) is 11.5 Å². The molecule has 0 saturated heterocycles. The van der Waals surface area contributed by atoms with E-state index in [0.717, 1.165) is 27.8 Å². The fourth-order valence-corrected chi connectivity index (χ4v) is 3.83. The number of aromatic nitrogens is 1. The zero-order valence-corrected chi connectivity index (χ0v) is 18.2. The Morgan fingerprint density at radius 1 is 1.00 bits per heavy atom. The van der Waals surface area contributed by atoms with Gasteiger partial charge in [0.2, 0.25) is 0 Å². The number of carbonyl (C=O) groups excluding carboxylic acids is 2. The Labute approximate surface area is 191 Å². The monoisotopic (exact) mass is 443 g/mol. The minimum absolute atomic E-state index is 0.0890. The summed E-state index contributed by atoms with van der Waals surface area (Å²) in [7, 11) is 1.63. The molecule has 4 rings (SSSR count). The van der Waals surface area contributed by atoms with Crippen molar-refractivity contribution in [3.8, 4) is 11.5 Å². The third-order valence-corrected chi connectivity index (χ3v) is 5.53. The molecule has 1 heterocycles. The first-order chi connectivity index (χ1) is 16.1. The molecule has 7 nitrogen and oxygen atoms in total. The van der Waals surface area contributed by atoms with Gasteiger partial charge in [0.1, 0.15) is 11.5 Å². The van der Waals surface area contributed by atoms with Gasteiger partial charge < -0.3 is 25.5 Å². The molecular formula is C26H25N3O4. The summed E-state index contributed by atoms with van der Waals surface area (Å²) in [6, 6.07) is 22.4. The average Bonchev–Trinajstić information content (AvgIpc) is 3.27. The van der Waals surface area contributed by atoms with Crippen molar-refractivity contribution in [2.75, 3.05) is 20.3 Å². The van der Waals surface area contributed by atoms with Crippen molar-refractivity contribution in [3.05, 3.63) is 95.7 Å². The molecule has 0 saturated carbocycles. The highest BCUT2D eigenvalue weighted by molar-refractivity contribution is 5.95. The molecule has 3 aromatic carbocycles. The van der Waals surface area contributed by atoms with Crippen molar-refractivity contribution in [2.45, 2.75) is 5.92 Å². The third-order valence-electron chi connectivity index (χ3n) is 5.53. The highest BCUT2D eigenvalue weighted by atomic mass is 16.5. The van der Waals surface area contributed by atoms with Gasteiger partial charge >= 0.3 is 0 Å². The number of nitrogens with two attached hydrogens (primary N) is 1. The number of primary amides is 1. The number of methoxy groups -OCH3 is 1. The number of benzene rings is 3. The third kappa shape index (κ3) is 4.98. The maximum Gasteiger partial charge on any atom is 0.257 e. The highest BCUT2D eigenvalue weighted by Gasteiger charge is 2.20. The van der Waals surface area contributed by atoms with Crippen LogP contribution in [0.1, 0.15) is 27.4 Å². The summed E-state index contributed by atoms with van der Waals surface area (Å²) >= 11 is 0. The number of rotatable bonds is 9. The maximum absolute atomic E-state index is 12.6. The first-order valence-electron chi connectivity index (χ1n) is 10.5. The van der Waals surface area contributed by atoms with Gasteiger partial charge in [-0.3, -0.25) is 9.59 Å². The lowest BCUT2D eigenvalue weighted by Crippen LogP contribution is -2.33. The number of nitrogens with one attached hydrogen (secondary N) is 2. The number of ether oxygens (including phenoxy) is 2. The van der Waals surface area contributed by atoms with Crippen LogP contribution in [0.4, 0.5) is 0 Å². The molecule has 0 unspecified atom stereocenters. The van der Waals surface area contributed by atoms with Crippen molar-refractivity contribution in [3.63, 3.8) is 0 Å². The van der Waals surface area contributed by atoms with E-state index in [4.69, 9.17) is 15.2 Å². The second-order valence-corrected chi connectivity index (χ2v) is 7.57. The first kappa shape index (κ1) is 22.0. The van der Waals surface area contributed by atoms with Gasteiger partial charge in [-0.15, -0.1) is 0 Å². The molecule has 0 bridgehead atoms. The van der Waals surface area contributed by atoms with Crippen LogP contribution in [0.15, 0.2) is 79.0 Å². The number of H-pyrrole nitrogens is 1. The Morgan fingerprint density at radius 3 is 2.48 bits per heavy atom. The SMILES string of the molecule is COc1ccc([C@H](CNC(=O)COc2ccccc2C(N)=O)c2c[nH]c3ccccc23)cc1. The molecule has 0 fully saturated rings. The fraction of sp³-hybridized carbons (Fsp3) is 0.154. The standard InChI is InChI=1S/C26H25N3O4/c1-32-18-12-10-17(11-13-18)21(22-15-28-23-8-4-2-6-19(22)23)14-29-25(30)16-33-24-9-5-3-7-20(24)26(27)31/h2-13,15,21,28H,14,16H2,1H3,(H2,27,31)(H,29,30)/t21-/m0/s1. The molecule has 0 spiro atoms. The molecule has 4 N–H and O–H groups in total. The number of fused-ring (bicyclic) bond motifs is 1. The van der Waals surface area contributed by atoms with Gasteiger partial charge in [-0.25, -0.2) is 0 Å². The van der Waals surface area contributed by atoms with E-state index >= 15 is 0 Å². The number of amides is 2. The van der Waals surface area contributed by atoms with Crippen molar-refractivity contribution in [1.82, 2.24) is 10.3 Å². The molecule has 1 atom stereocenters. The Bertz CT molecular complexity index is 1260. The number of para-hydroxylation sites is 2. The Kier molecular flexibility index (Phi) is 6.59. The van der Waals surface area contributed by atoms with Crippen LogP contribution in [0.25, 0.3) is 10.9 Å². The molecule has 0 aliphatic carbocycles. The smallest absolute Gasteiger partial charge is 0.257 e. The minimum Gasteiger partial charge on any atom is -0.497 e. The first-order valence-corrected chi connectivity index (χ1v) is 10.5. The summed E-state index contributed by atoms with van der Waals surface area (Å²) in [4.78, 5) is 27.4.